The summed E-state index contributed by atoms with van der Waals surface area (Å²) in [6.45, 7) is 6.73. The average Bonchev–Trinajstić information content (AvgIpc) is 3.81. The molecule has 10 nitrogen and oxygen atoms in total. The van der Waals surface area contributed by atoms with Crippen molar-refractivity contribution in [3.05, 3.63) is 34.9 Å². The normalized spacial score (nSPS) is 21.5. The maximum Gasteiger partial charge on any atom is 0.319 e. The van der Waals surface area contributed by atoms with Crippen molar-refractivity contribution in [3.8, 4) is 17.3 Å². The van der Waals surface area contributed by atoms with E-state index >= 15 is 4.39 Å². The molecule has 0 aliphatic carbocycles. The minimum atomic E-state index is -0.550. The highest BCUT2D eigenvalue weighted by atomic mass is 35.5. The highest BCUT2D eigenvalue weighted by molar-refractivity contribution is 6.33. The Bertz CT molecular complexity index is 1720. The molecule has 12 heteroatoms. The summed E-state index contributed by atoms with van der Waals surface area (Å²) in [6.07, 6.45) is 11.8. The number of aliphatic hydroxyl groups is 1. The van der Waals surface area contributed by atoms with Crippen molar-refractivity contribution in [3.63, 3.8) is 0 Å². The van der Waals surface area contributed by atoms with E-state index < -0.39 is 5.82 Å². The lowest BCUT2D eigenvalue weighted by Gasteiger charge is -2.42. The smallest absolute Gasteiger partial charge is 0.319 e. The molecule has 0 bridgehead atoms. The predicted molar refractivity (Wildman–Crippen MR) is 177 cm³/mol. The van der Waals surface area contributed by atoms with Crippen LogP contribution in [0.1, 0.15) is 63.9 Å². The zero-order valence-electron chi connectivity index (χ0n) is 26.7. The number of pyridine rings is 1. The number of benzene rings is 1. The summed E-state index contributed by atoms with van der Waals surface area (Å²) < 4.78 is 28.8. The number of aromatic amines is 1. The van der Waals surface area contributed by atoms with Crippen molar-refractivity contribution in [2.75, 3.05) is 58.0 Å². The van der Waals surface area contributed by atoms with Crippen LogP contribution in [0.15, 0.2) is 18.5 Å². The fourth-order valence-electron chi connectivity index (χ4n) is 8.09. The van der Waals surface area contributed by atoms with E-state index in [2.05, 4.69) is 26.9 Å². The molecule has 0 amide bonds. The molecule has 0 spiro atoms. The van der Waals surface area contributed by atoms with Gasteiger partial charge < -0.3 is 19.5 Å². The Morgan fingerprint density at radius 2 is 1.89 bits per heavy atom. The highest BCUT2D eigenvalue weighted by Crippen LogP contribution is 2.42. The van der Waals surface area contributed by atoms with Crippen molar-refractivity contribution in [2.24, 2.45) is 5.41 Å². The second-order valence-corrected chi connectivity index (χ2v) is 13.8. The summed E-state index contributed by atoms with van der Waals surface area (Å²) in [5, 5.41) is 19.4. The highest BCUT2D eigenvalue weighted by Gasteiger charge is 2.45. The van der Waals surface area contributed by atoms with Crippen molar-refractivity contribution < 1.29 is 19.0 Å². The van der Waals surface area contributed by atoms with E-state index in [0.29, 0.717) is 59.9 Å². The van der Waals surface area contributed by atoms with Crippen LogP contribution in [0, 0.1) is 11.2 Å². The van der Waals surface area contributed by atoms with Crippen LogP contribution in [0.25, 0.3) is 33.1 Å². The molecule has 7 rings (SSSR count). The fourth-order valence-corrected chi connectivity index (χ4v) is 8.39. The second kappa shape index (κ2) is 12.8. The van der Waals surface area contributed by atoms with Crippen LogP contribution in [0.2, 0.25) is 5.02 Å². The van der Waals surface area contributed by atoms with Gasteiger partial charge >= 0.3 is 6.01 Å². The van der Waals surface area contributed by atoms with Crippen LogP contribution in [0.4, 0.5) is 10.2 Å². The molecule has 3 saturated heterocycles. The van der Waals surface area contributed by atoms with E-state index in [1.54, 1.807) is 19.5 Å². The Kier molecular flexibility index (Phi) is 8.77. The Hall–Kier alpha value is -3.12. The lowest BCUT2D eigenvalue weighted by molar-refractivity contribution is 0.100. The van der Waals surface area contributed by atoms with Crippen LogP contribution >= 0.6 is 11.6 Å². The number of aromatic nitrogens is 5. The van der Waals surface area contributed by atoms with Gasteiger partial charge in [-0.05, 0) is 82.5 Å². The molecule has 2 N–H and O–H groups in total. The number of nitrogens with zero attached hydrogens (tertiary/aromatic N) is 6. The first-order valence-electron chi connectivity index (χ1n) is 16.6. The lowest BCUT2D eigenvalue weighted by Crippen LogP contribution is -2.45. The van der Waals surface area contributed by atoms with Gasteiger partial charge in [-0.1, -0.05) is 18.5 Å². The van der Waals surface area contributed by atoms with Crippen molar-refractivity contribution >= 4 is 39.2 Å². The van der Waals surface area contributed by atoms with Gasteiger partial charge in [-0.25, -0.2) is 4.39 Å². The summed E-state index contributed by atoms with van der Waals surface area (Å²) in [6, 6.07) is 2.00. The minimum absolute atomic E-state index is 0.00934. The Morgan fingerprint density at radius 1 is 1.09 bits per heavy atom. The molecule has 46 heavy (non-hydrogen) atoms. The van der Waals surface area contributed by atoms with E-state index in [1.165, 1.54) is 0 Å². The Morgan fingerprint density at radius 3 is 2.65 bits per heavy atom. The van der Waals surface area contributed by atoms with E-state index in [1.807, 2.05) is 6.07 Å². The molecule has 0 saturated carbocycles. The Balaban J connectivity index is 1.36. The number of hydrogen-bond donors (Lipinski definition) is 2. The summed E-state index contributed by atoms with van der Waals surface area (Å²) >= 11 is 6.80. The number of nitrogens with one attached hydrogen (secondary N) is 1. The van der Waals surface area contributed by atoms with Gasteiger partial charge in [-0.3, -0.25) is 15.0 Å². The quantitative estimate of drug-likeness (QED) is 0.190. The van der Waals surface area contributed by atoms with Gasteiger partial charge in [0.2, 0.25) is 0 Å². The van der Waals surface area contributed by atoms with E-state index in [-0.39, 0.29) is 34.8 Å². The van der Waals surface area contributed by atoms with Gasteiger partial charge in [0.25, 0.3) is 0 Å². The van der Waals surface area contributed by atoms with Gasteiger partial charge in [0, 0.05) is 54.4 Å². The molecule has 246 valence electrons. The first-order valence-corrected chi connectivity index (χ1v) is 17.0. The standard InChI is InChI=1S/C34H43ClFN7O3/c1-3-33(20-44)9-5-12-42(19-33)31-24-17-37-30(27-22(8-4-15-45-2)25(35)16-26-23(27)18-38-41-26)28(36)29(24)39-32(40-31)46-21-34-10-6-13-43(34)14-7-11-34/h16-18,44H,3-15,19-21H2,1-2H3,(H,38,41). The molecule has 0 radical (unpaired) electrons. The second-order valence-electron chi connectivity index (χ2n) is 13.4. The van der Waals surface area contributed by atoms with Crippen LogP contribution in [0.5, 0.6) is 6.01 Å². The van der Waals surface area contributed by atoms with Crippen LogP contribution < -0.4 is 9.64 Å². The van der Waals surface area contributed by atoms with E-state index in [4.69, 9.17) is 36.0 Å². The first kappa shape index (κ1) is 31.5. The largest absolute Gasteiger partial charge is 0.461 e. The molecule has 3 aliphatic heterocycles. The number of hydrogen-bond acceptors (Lipinski definition) is 9. The Labute approximate surface area is 273 Å². The number of fused-ring (bicyclic) bond motifs is 3. The molecule has 4 aromatic rings. The zero-order chi connectivity index (χ0) is 31.9. The molecule has 3 aliphatic rings. The number of ether oxygens (including phenoxy) is 2. The van der Waals surface area contributed by atoms with Crippen LogP contribution in [-0.4, -0.2) is 93.8 Å². The van der Waals surface area contributed by atoms with Gasteiger partial charge in [-0.2, -0.15) is 15.1 Å². The minimum Gasteiger partial charge on any atom is -0.461 e. The summed E-state index contributed by atoms with van der Waals surface area (Å²) in [5.74, 6) is 0.0437. The maximum atomic E-state index is 17.1. The van der Waals surface area contributed by atoms with Gasteiger partial charge in [-0.15, -0.1) is 0 Å². The third kappa shape index (κ3) is 5.48. The molecule has 1 atom stereocenters. The number of rotatable bonds is 11. The molecular formula is C34H43ClFN7O3. The van der Waals surface area contributed by atoms with Gasteiger partial charge in [0.15, 0.2) is 5.82 Å². The zero-order valence-corrected chi connectivity index (χ0v) is 27.5. The SMILES string of the molecule is CCC1(CO)CCCN(c2nc(OCC34CCCN3CCC4)nc3c(F)c(-c4c(CCCOC)c(Cl)cc5[nH]ncc45)ncc23)C1. The molecule has 3 fully saturated rings. The maximum absolute atomic E-state index is 17.1. The molecule has 1 unspecified atom stereocenters. The molecule has 6 heterocycles. The summed E-state index contributed by atoms with van der Waals surface area (Å²) in [4.78, 5) is 19.1. The van der Waals surface area contributed by atoms with Crippen LogP contribution in [0.3, 0.4) is 0 Å². The molecule has 3 aromatic heterocycles. The average molecular weight is 652 g/mol. The van der Waals surface area contributed by atoms with Crippen molar-refractivity contribution in [1.82, 2.24) is 30.0 Å². The number of methoxy groups -OCH3 is 1. The third-order valence-electron chi connectivity index (χ3n) is 10.8. The van der Waals surface area contributed by atoms with Crippen LogP contribution in [-0.2, 0) is 11.2 Å². The molecule has 1 aromatic carbocycles. The number of H-pyrrole nitrogens is 1. The summed E-state index contributed by atoms with van der Waals surface area (Å²) in [5.41, 5.74) is 2.16. The van der Waals surface area contributed by atoms with Crippen molar-refractivity contribution in [1.29, 1.82) is 0 Å². The number of anilines is 1. The predicted octanol–water partition coefficient (Wildman–Crippen LogP) is 5.94. The molecular weight excluding hydrogens is 609 g/mol. The first-order chi connectivity index (χ1) is 22.4. The number of piperidine rings is 1. The lowest BCUT2D eigenvalue weighted by atomic mass is 9.78. The third-order valence-corrected chi connectivity index (χ3v) is 11.1. The number of aliphatic hydroxyl groups excluding tert-OH is 1. The van der Waals surface area contributed by atoms with E-state index in [0.717, 1.165) is 75.5 Å². The number of halogens is 2. The topological polar surface area (TPSA) is 113 Å². The monoisotopic (exact) mass is 651 g/mol. The van der Waals surface area contributed by atoms with Gasteiger partial charge in [0.05, 0.1) is 29.2 Å². The summed E-state index contributed by atoms with van der Waals surface area (Å²) in [7, 11) is 1.66. The van der Waals surface area contributed by atoms with Crippen molar-refractivity contribution in [2.45, 2.75) is 70.3 Å². The fraction of sp³-hybridized carbons (Fsp3) is 0.588. The van der Waals surface area contributed by atoms with Gasteiger partial charge in [0.1, 0.15) is 23.6 Å². The van der Waals surface area contributed by atoms with E-state index in [9.17, 15) is 5.11 Å².